The van der Waals surface area contributed by atoms with E-state index in [2.05, 4.69) is 182 Å². The molecule has 2 heterocycles. The van der Waals surface area contributed by atoms with E-state index in [4.69, 9.17) is 9.97 Å². The molecule has 10 rings (SSSR count). The zero-order valence-corrected chi connectivity index (χ0v) is 27.9. The molecule has 1 aliphatic rings. The van der Waals surface area contributed by atoms with E-state index in [0.29, 0.717) is 0 Å². The molecule has 9 aromatic rings. The Morgan fingerprint density at radius 2 is 1.00 bits per heavy atom. The van der Waals surface area contributed by atoms with E-state index < -0.39 is 5.41 Å². The van der Waals surface area contributed by atoms with Crippen LogP contribution in [0.1, 0.15) is 22.3 Å². The van der Waals surface area contributed by atoms with Gasteiger partial charge in [0.15, 0.2) is 5.82 Å². The van der Waals surface area contributed by atoms with Gasteiger partial charge in [0.2, 0.25) is 0 Å². The van der Waals surface area contributed by atoms with Crippen molar-refractivity contribution in [2.45, 2.75) is 5.41 Å². The molecule has 234 valence electrons. The van der Waals surface area contributed by atoms with E-state index in [1.807, 2.05) is 0 Å². The summed E-state index contributed by atoms with van der Waals surface area (Å²) in [5.41, 5.74) is 13.3. The van der Waals surface area contributed by atoms with Crippen LogP contribution in [0.2, 0.25) is 0 Å². The van der Waals surface area contributed by atoms with Crippen LogP contribution in [-0.4, -0.2) is 9.97 Å². The average Bonchev–Trinajstić information content (AvgIpc) is 3.72. The molecule has 0 unspecified atom stereocenters. The minimum atomic E-state index is -0.500. The largest absolute Gasteiger partial charge is 0.226 e. The normalized spacial score (nSPS) is 13.0. The van der Waals surface area contributed by atoms with E-state index >= 15 is 0 Å². The molecule has 0 spiro atoms. The lowest BCUT2D eigenvalue weighted by molar-refractivity contribution is 0.769. The van der Waals surface area contributed by atoms with Crippen molar-refractivity contribution >= 4 is 31.6 Å². The van der Waals surface area contributed by atoms with Gasteiger partial charge in [0.05, 0.1) is 21.3 Å². The van der Waals surface area contributed by atoms with Crippen LogP contribution in [0.4, 0.5) is 0 Å². The fourth-order valence-electron chi connectivity index (χ4n) is 8.03. The second-order valence-corrected chi connectivity index (χ2v) is 13.9. The first-order valence-corrected chi connectivity index (χ1v) is 17.8. The fourth-order valence-corrected chi connectivity index (χ4v) is 9.19. The van der Waals surface area contributed by atoms with E-state index in [-0.39, 0.29) is 0 Å². The summed E-state index contributed by atoms with van der Waals surface area (Å²) < 4.78 is 2.33. The first-order chi connectivity index (χ1) is 24.8. The van der Waals surface area contributed by atoms with Gasteiger partial charge in [0, 0.05) is 21.2 Å². The first-order valence-electron chi connectivity index (χ1n) is 17.0. The third kappa shape index (κ3) is 4.27. The van der Waals surface area contributed by atoms with Gasteiger partial charge in [-0.1, -0.05) is 164 Å². The Hall–Kier alpha value is -6.16. The lowest BCUT2D eigenvalue weighted by Gasteiger charge is -2.34. The molecule has 0 saturated carbocycles. The van der Waals surface area contributed by atoms with Crippen molar-refractivity contribution in [3.05, 3.63) is 204 Å². The highest BCUT2D eigenvalue weighted by atomic mass is 32.1. The summed E-state index contributed by atoms with van der Waals surface area (Å²) in [6, 6.07) is 65.5. The molecule has 0 radical (unpaired) electrons. The van der Waals surface area contributed by atoms with Crippen LogP contribution in [0.25, 0.3) is 65.2 Å². The van der Waals surface area contributed by atoms with Crippen LogP contribution in [0, 0.1) is 0 Å². The van der Waals surface area contributed by atoms with Crippen molar-refractivity contribution in [3.63, 3.8) is 0 Å². The number of thiophene rings is 1. The van der Waals surface area contributed by atoms with Crippen LogP contribution in [-0.2, 0) is 5.41 Å². The number of aromatic nitrogens is 2. The van der Waals surface area contributed by atoms with Crippen LogP contribution in [0.15, 0.2) is 182 Å². The van der Waals surface area contributed by atoms with E-state index in [9.17, 15) is 0 Å². The van der Waals surface area contributed by atoms with Gasteiger partial charge in [-0.05, 0) is 62.7 Å². The van der Waals surface area contributed by atoms with Gasteiger partial charge in [-0.25, -0.2) is 9.97 Å². The SMILES string of the molecule is c1ccc(-c2cc3c(cc2-c2nc(-c4ccccc4)c4sc5ccccc5c4n2)-c2ccccc2C3(c2ccccc2)c2ccccc2)cc1. The molecule has 1 aliphatic carbocycles. The van der Waals surface area contributed by atoms with Gasteiger partial charge in [-0.15, -0.1) is 11.3 Å². The molecule has 3 heteroatoms. The molecule has 0 atom stereocenters. The molecule has 0 aliphatic heterocycles. The van der Waals surface area contributed by atoms with Gasteiger partial charge < -0.3 is 0 Å². The summed E-state index contributed by atoms with van der Waals surface area (Å²) in [5.74, 6) is 0.732. The maximum Gasteiger partial charge on any atom is 0.161 e. The van der Waals surface area contributed by atoms with E-state index in [0.717, 1.165) is 49.4 Å². The summed E-state index contributed by atoms with van der Waals surface area (Å²) in [6.07, 6.45) is 0. The van der Waals surface area contributed by atoms with E-state index in [1.54, 1.807) is 11.3 Å². The van der Waals surface area contributed by atoms with Gasteiger partial charge in [0.1, 0.15) is 0 Å². The first kappa shape index (κ1) is 28.8. The predicted molar refractivity (Wildman–Crippen MR) is 209 cm³/mol. The molecule has 7 aromatic carbocycles. The van der Waals surface area contributed by atoms with E-state index in [1.165, 1.54) is 38.1 Å². The number of rotatable bonds is 5. The zero-order chi connectivity index (χ0) is 33.1. The average molecular weight is 655 g/mol. The maximum absolute atomic E-state index is 5.46. The number of hydrogen-bond donors (Lipinski definition) is 0. The zero-order valence-electron chi connectivity index (χ0n) is 27.1. The Morgan fingerprint density at radius 1 is 0.420 bits per heavy atom. The summed E-state index contributed by atoms with van der Waals surface area (Å²) in [5, 5.41) is 1.16. The summed E-state index contributed by atoms with van der Waals surface area (Å²) >= 11 is 1.77. The Balaban J connectivity index is 1.34. The Kier molecular flexibility index (Phi) is 6.61. The summed E-state index contributed by atoms with van der Waals surface area (Å²) in [7, 11) is 0. The third-order valence-corrected chi connectivity index (χ3v) is 11.4. The van der Waals surface area contributed by atoms with Gasteiger partial charge >= 0.3 is 0 Å². The molecular formula is C47H30N2S. The smallest absolute Gasteiger partial charge is 0.161 e. The fraction of sp³-hybridized carbons (Fsp3) is 0.0213. The molecule has 2 aromatic heterocycles. The molecule has 0 amide bonds. The van der Waals surface area contributed by atoms with Crippen molar-refractivity contribution in [3.8, 4) is 44.9 Å². The highest BCUT2D eigenvalue weighted by Crippen LogP contribution is 2.58. The van der Waals surface area contributed by atoms with Crippen molar-refractivity contribution < 1.29 is 0 Å². The van der Waals surface area contributed by atoms with Crippen LogP contribution < -0.4 is 0 Å². The molecule has 0 N–H and O–H groups in total. The van der Waals surface area contributed by atoms with Crippen LogP contribution in [0.3, 0.4) is 0 Å². The Labute approximate surface area is 295 Å². The molecule has 0 bridgehead atoms. The number of fused-ring (bicyclic) bond motifs is 6. The topological polar surface area (TPSA) is 25.8 Å². The number of benzene rings is 7. The molecule has 0 fully saturated rings. The van der Waals surface area contributed by atoms with Crippen molar-refractivity contribution in [2.24, 2.45) is 0 Å². The Bertz CT molecular complexity index is 2640. The minimum absolute atomic E-state index is 0.500. The lowest BCUT2D eigenvalue weighted by atomic mass is 9.67. The molecule has 2 nitrogen and oxygen atoms in total. The lowest BCUT2D eigenvalue weighted by Crippen LogP contribution is -2.28. The Morgan fingerprint density at radius 3 is 1.70 bits per heavy atom. The monoisotopic (exact) mass is 654 g/mol. The van der Waals surface area contributed by atoms with Crippen molar-refractivity contribution in [1.29, 1.82) is 0 Å². The quantitative estimate of drug-likeness (QED) is 0.185. The summed E-state index contributed by atoms with van der Waals surface area (Å²) in [4.78, 5) is 10.9. The van der Waals surface area contributed by atoms with Crippen LogP contribution >= 0.6 is 11.3 Å². The number of nitrogens with zero attached hydrogens (tertiary/aromatic N) is 2. The standard InChI is InChI=1S/C47H30N2S/c1-5-17-31(18-6-1)37-30-41-38(35-25-13-15-27-40(35)47(41,33-21-9-3-10-22-33)34-23-11-4-12-24-34)29-39(37)46-48-43(32-19-7-2-8-20-32)45-44(49-46)36-26-14-16-28-42(36)50-45/h1-30H. The number of hydrogen-bond acceptors (Lipinski definition) is 3. The second kappa shape index (κ2) is 11.5. The maximum atomic E-state index is 5.46. The van der Waals surface area contributed by atoms with Crippen LogP contribution in [0.5, 0.6) is 0 Å². The van der Waals surface area contributed by atoms with Crippen molar-refractivity contribution in [1.82, 2.24) is 9.97 Å². The highest BCUT2D eigenvalue weighted by molar-refractivity contribution is 7.26. The summed E-state index contributed by atoms with van der Waals surface area (Å²) in [6.45, 7) is 0. The van der Waals surface area contributed by atoms with Gasteiger partial charge in [-0.3, -0.25) is 0 Å². The molecular weight excluding hydrogens is 625 g/mol. The van der Waals surface area contributed by atoms with Gasteiger partial charge in [-0.2, -0.15) is 0 Å². The minimum Gasteiger partial charge on any atom is -0.226 e. The second-order valence-electron chi connectivity index (χ2n) is 12.9. The predicted octanol–water partition coefficient (Wildman–Crippen LogP) is 12.2. The molecule has 50 heavy (non-hydrogen) atoms. The van der Waals surface area contributed by atoms with Gasteiger partial charge in [0.25, 0.3) is 0 Å². The highest BCUT2D eigenvalue weighted by Gasteiger charge is 2.46. The third-order valence-electron chi connectivity index (χ3n) is 10.2. The molecule has 0 saturated heterocycles. The van der Waals surface area contributed by atoms with Crippen molar-refractivity contribution in [2.75, 3.05) is 0 Å².